The Labute approximate surface area is 145 Å². The van der Waals surface area contributed by atoms with Gasteiger partial charge in [0.05, 0.1) is 17.2 Å². The smallest absolute Gasteiger partial charge is 0.317 e. The molecule has 0 radical (unpaired) electrons. The fraction of sp³-hybridized carbons (Fsp3) is 0.412. The highest BCUT2D eigenvalue weighted by Crippen LogP contribution is 2.15. The summed E-state index contributed by atoms with van der Waals surface area (Å²) in [6, 6.07) is 6.02. The second kappa shape index (κ2) is 7.72. The lowest BCUT2D eigenvalue weighted by atomic mass is 10.1. The fourth-order valence-electron chi connectivity index (χ4n) is 2.79. The van der Waals surface area contributed by atoms with E-state index in [2.05, 4.69) is 20.6 Å². The number of halogens is 1. The molecule has 24 heavy (non-hydrogen) atoms. The maximum atomic E-state index is 13.3. The molecular weight excluding hydrogens is 327 g/mol. The highest BCUT2D eigenvalue weighted by molar-refractivity contribution is 7.07. The van der Waals surface area contributed by atoms with E-state index in [-0.39, 0.29) is 17.9 Å². The minimum atomic E-state index is -0.288. The molecular formula is C17H21FN4OS. The van der Waals surface area contributed by atoms with Gasteiger partial charge >= 0.3 is 6.03 Å². The summed E-state index contributed by atoms with van der Waals surface area (Å²) in [4.78, 5) is 20.8. The monoisotopic (exact) mass is 348 g/mol. The number of nitrogens with one attached hydrogen (secondary N) is 1. The summed E-state index contributed by atoms with van der Waals surface area (Å²) in [5.41, 5.74) is 3.69. The number of nitrogens with zero attached hydrogens (tertiary/aromatic N) is 3. The molecule has 7 heteroatoms. The Morgan fingerprint density at radius 3 is 2.83 bits per heavy atom. The van der Waals surface area contributed by atoms with Gasteiger partial charge in [-0.2, -0.15) is 0 Å². The number of piperazine rings is 1. The summed E-state index contributed by atoms with van der Waals surface area (Å²) >= 11 is 1.60. The van der Waals surface area contributed by atoms with Crippen molar-refractivity contribution in [3.63, 3.8) is 0 Å². The average Bonchev–Trinajstić information content (AvgIpc) is 3.08. The van der Waals surface area contributed by atoms with E-state index in [1.54, 1.807) is 17.4 Å². The zero-order valence-corrected chi connectivity index (χ0v) is 14.4. The molecule has 1 aliphatic heterocycles. The molecule has 1 aromatic heterocycles. The van der Waals surface area contributed by atoms with Crippen molar-refractivity contribution in [2.75, 3.05) is 26.2 Å². The molecule has 0 unspecified atom stereocenters. The van der Waals surface area contributed by atoms with Gasteiger partial charge in [0.2, 0.25) is 0 Å². The minimum Gasteiger partial charge on any atom is -0.331 e. The molecule has 2 heterocycles. The summed E-state index contributed by atoms with van der Waals surface area (Å²) in [5, 5.41) is 5.00. The lowest BCUT2D eigenvalue weighted by molar-refractivity contribution is 0.133. The van der Waals surface area contributed by atoms with Crippen LogP contribution in [0.3, 0.4) is 0 Å². The molecule has 2 aromatic rings. The average molecular weight is 348 g/mol. The van der Waals surface area contributed by atoms with Crippen LogP contribution in [-0.4, -0.2) is 47.0 Å². The summed E-state index contributed by atoms with van der Waals surface area (Å²) in [6.07, 6.45) is 0. The molecule has 0 aliphatic carbocycles. The Morgan fingerprint density at radius 2 is 2.17 bits per heavy atom. The van der Waals surface area contributed by atoms with Crippen molar-refractivity contribution >= 4 is 17.4 Å². The van der Waals surface area contributed by atoms with Gasteiger partial charge in [-0.05, 0) is 24.6 Å². The van der Waals surface area contributed by atoms with Crippen molar-refractivity contribution in [2.24, 2.45) is 0 Å². The van der Waals surface area contributed by atoms with Crippen LogP contribution in [0.15, 0.2) is 35.2 Å². The first-order chi connectivity index (χ1) is 11.6. The quantitative estimate of drug-likeness (QED) is 0.924. The SMILES string of the molecule is C[C@H](NC(=O)N1CCN(Cc2cscn2)CC1)c1cccc(F)c1. The number of thiazole rings is 1. The lowest BCUT2D eigenvalue weighted by Crippen LogP contribution is -2.51. The summed E-state index contributed by atoms with van der Waals surface area (Å²) in [7, 11) is 0. The normalized spacial score (nSPS) is 16.8. The van der Waals surface area contributed by atoms with Crippen molar-refractivity contribution in [1.82, 2.24) is 20.1 Å². The van der Waals surface area contributed by atoms with E-state index in [0.717, 1.165) is 30.9 Å². The van der Waals surface area contributed by atoms with Crippen LogP contribution in [0.4, 0.5) is 9.18 Å². The molecule has 1 N–H and O–H groups in total. The van der Waals surface area contributed by atoms with Gasteiger partial charge in [-0.3, -0.25) is 4.90 Å². The summed E-state index contributed by atoms with van der Waals surface area (Å²) < 4.78 is 13.3. The first kappa shape index (κ1) is 16.9. The van der Waals surface area contributed by atoms with Gasteiger partial charge in [-0.1, -0.05) is 12.1 Å². The van der Waals surface area contributed by atoms with Crippen LogP contribution in [0, 0.1) is 5.82 Å². The van der Waals surface area contributed by atoms with E-state index in [4.69, 9.17) is 0 Å². The van der Waals surface area contributed by atoms with Gasteiger partial charge in [-0.15, -0.1) is 11.3 Å². The van der Waals surface area contributed by atoms with Crippen molar-refractivity contribution in [2.45, 2.75) is 19.5 Å². The Bertz CT molecular complexity index is 671. The molecule has 1 aromatic carbocycles. The molecule has 1 saturated heterocycles. The van der Waals surface area contributed by atoms with E-state index >= 15 is 0 Å². The molecule has 0 bridgehead atoms. The van der Waals surface area contributed by atoms with Crippen molar-refractivity contribution < 1.29 is 9.18 Å². The third kappa shape index (κ3) is 4.30. The number of rotatable bonds is 4. The predicted octanol–water partition coefficient (Wildman–Crippen LogP) is 2.87. The number of carbonyl (C=O) groups is 1. The molecule has 1 atom stereocenters. The predicted molar refractivity (Wildman–Crippen MR) is 92.3 cm³/mol. The highest BCUT2D eigenvalue weighted by atomic mass is 32.1. The lowest BCUT2D eigenvalue weighted by Gasteiger charge is -2.35. The number of carbonyl (C=O) groups excluding carboxylic acids is 1. The van der Waals surface area contributed by atoms with Crippen LogP contribution in [0.25, 0.3) is 0 Å². The number of aromatic nitrogens is 1. The summed E-state index contributed by atoms with van der Waals surface area (Å²) in [5.74, 6) is -0.288. The van der Waals surface area contributed by atoms with E-state index in [0.29, 0.717) is 13.1 Å². The second-order valence-electron chi connectivity index (χ2n) is 5.97. The van der Waals surface area contributed by atoms with Gasteiger partial charge in [0, 0.05) is 38.1 Å². The standard InChI is InChI=1S/C17H21FN4OS/c1-13(14-3-2-4-15(18)9-14)20-17(23)22-7-5-21(6-8-22)10-16-11-24-12-19-16/h2-4,9,11-13H,5-8,10H2,1H3,(H,20,23)/t13-/m0/s1. The molecule has 5 nitrogen and oxygen atoms in total. The van der Waals surface area contributed by atoms with Crippen LogP contribution >= 0.6 is 11.3 Å². The first-order valence-corrected chi connectivity index (χ1v) is 8.96. The highest BCUT2D eigenvalue weighted by Gasteiger charge is 2.22. The Morgan fingerprint density at radius 1 is 1.38 bits per heavy atom. The van der Waals surface area contributed by atoms with Crippen LogP contribution in [0.5, 0.6) is 0 Å². The Kier molecular flexibility index (Phi) is 5.42. The van der Waals surface area contributed by atoms with Crippen molar-refractivity contribution in [1.29, 1.82) is 0 Å². The topological polar surface area (TPSA) is 48.5 Å². The van der Waals surface area contributed by atoms with E-state index in [1.807, 2.05) is 23.4 Å². The van der Waals surface area contributed by atoms with Crippen molar-refractivity contribution in [3.05, 3.63) is 52.2 Å². The zero-order chi connectivity index (χ0) is 16.9. The molecule has 0 saturated carbocycles. The van der Waals surface area contributed by atoms with Gasteiger partial charge in [0.25, 0.3) is 0 Å². The largest absolute Gasteiger partial charge is 0.331 e. The van der Waals surface area contributed by atoms with Gasteiger partial charge in [-0.25, -0.2) is 14.2 Å². The van der Waals surface area contributed by atoms with Crippen LogP contribution in [0.2, 0.25) is 0 Å². The second-order valence-corrected chi connectivity index (χ2v) is 6.69. The van der Waals surface area contributed by atoms with Gasteiger partial charge in [0.1, 0.15) is 5.82 Å². The number of hydrogen-bond acceptors (Lipinski definition) is 4. The maximum absolute atomic E-state index is 13.3. The molecule has 1 fully saturated rings. The van der Waals surface area contributed by atoms with E-state index in [9.17, 15) is 9.18 Å². The summed E-state index contributed by atoms with van der Waals surface area (Å²) in [6.45, 7) is 5.74. The number of hydrogen-bond donors (Lipinski definition) is 1. The molecule has 2 amide bonds. The molecule has 3 rings (SSSR count). The number of benzene rings is 1. The van der Waals surface area contributed by atoms with Gasteiger partial charge in [0.15, 0.2) is 0 Å². The zero-order valence-electron chi connectivity index (χ0n) is 13.6. The molecule has 1 aliphatic rings. The van der Waals surface area contributed by atoms with Crippen LogP contribution in [-0.2, 0) is 6.54 Å². The molecule has 128 valence electrons. The third-order valence-electron chi connectivity index (χ3n) is 4.22. The first-order valence-electron chi connectivity index (χ1n) is 8.02. The van der Waals surface area contributed by atoms with E-state index in [1.165, 1.54) is 12.1 Å². The minimum absolute atomic E-state index is 0.0972. The van der Waals surface area contributed by atoms with Gasteiger partial charge < -0.3 is 10.2 Å². The molecule has 0 spiro atoms. The fourth-order valence-corrected chi connectivity index (χ4v) is 3.34. The maximum Gasteiger partial charge on any atom is 0.317 e. The number of amides is 2. The Hall–Kier alpha value is -1.99. The third-order valence-corrected chi connectivity index (χ3v) is 4.85. The Balaban J connectivity index is 1.48. The number of urea groups is 1. The van der Waals surface area contributed by atoms with E-state index < -0.39 is 0 Å². The van der Waals surface area contributed by atoms with Crippen molar-refractivity contribution in [3.8, 4) is 0 Å². The van der Waals surface area contributed by atoms with Crippen LogP contribution < -0.4 is 5.32 Å². The van der Waals surface area contributed by atoms with Crippen LogP contribution in [0.1, 0.15) is 24.2 Å².